The molecule has 5 heteroatoms. The van der Waals surface area contributed by atoms with Gasteiger partial charge in [-0.3, -0.25) is 0 Å². The Morgan fingerprint density at radius 3 is 3.38 bits per heavy atom. The lowest BCUT2D eigenvalue weighted by atomic mass is 9.89. The predicted molar refractivity (Wildman–Crippen MR) is 66.2 cm³/mol. The molecule has 0 unspecified atom stereocenters. The summed E-state index contributed by atoms with van der Waals surface area (Å²) < 4.78 is 25.3. The molecular formula is C11H14BFNOS. The maximum Gasteiger partial charge on any atom is 0.209 e. The second-order valence-electron chi connectivity index (χ2n) is 3.96. The van der Waals surface area contributed by atoms with Crippen molar-refractivity contribution in [3.8, 4) is 0 Å². The molecule has 1 saturated heterocycles. The van der Waals surface area contributed by atoms with Crippen molar-refractivity contribution in [2.45, 2.75) is 5.92 Å². The molecule has 85 valence electrons. The first-order valence-electron chi connectivity index (χ1n) is 5.83. The Hall–Kier alpha value is -0.515. The topological polar surface area (TPSA) is 21.3 Å². The van der Waals surface area contributed by atoms with Crippen molar-refractivity contribution >= 4 is 19.0 Å². The van der Waals surface area contributed by atoms with Crippen LogP contribution in [0, 0.1) is 11.7 Å². The Balaban J connectivity index is 1.99. The van der Waals surface area contributed by atoms with E-state index in [9.17, 15) is 4.39 Å². The van der Waals surface area contributed by atoms with E-state index < -0.39 is 0 Å². The summed E-state index contributed by atoms with van der Waals surface area (Å²) in [5.74, 6) is 0.434. The number of hydrogen-bond donors (Lipinski definition) is 1. The average molecular weight is 240 g/mol. The largest absolute Gasteiger partial charge is 0.328 e. The fraction of sp³-hybridized carbons (Fsp3) is 0.455. The van der Waals surface area contributed by atoms with E-state index >= 15 is 0 Å². The van der Waals surface area contributed by atoms with Crippen molar-refractivity contribution in [1.29, 1.82) is 1.34 Å². The standard InChI is InChI=1S/C11H14BFNOS/c12-16-15-7-9-5-14-6-11(9)8-2-1-3-10(13)4-8/h1-4,9,11-12,14H,5-7H2/t9-,11-/m1/s1/i12T. The summed E-state index contributed by atoms with van der Waals surface area (Å²) in [6, 6.07) is 6.75. The summed E-state index contributed by atoms with van der Waals surface area (Å²) in [5.41, 5.74) is 1.02. The third-order valence-electron chi connectivity index (χ3n) is 2.97. The maximum atomic E-state index is 13.2. The Bertz CT molecular complexity index is 371. The van der Waals surface area contributed by atoms with Gasteiger partial charge in [0.05, 0.1) is 6.61 Å². The normalized spacial score (nSPS) is 25.4. The van der Waals surface area contributed by atoms with Gasteiger partial charge in [0, 0.05) is 24.9 Å². The molecule has 2 atom stereocenters. The zero-order chi connectivity index (χ0) is 12.1. The number of rotatable bonds is 5. The maximum absolute atomic E-state index is 13.2. The Morgan fingerprint density at radius 1 is 1.62 bits per heavy atom. The van der Waals surface area contributed by atoms with Crippen LogP contribution in [0.4, 0.5) is 4.39 Å². The van der Waals surface area contributed by atoms with Gasteiger partial charge in [-0.1, -0.05) is 24.0 Å². The quantitative estimate of drug-likeness (QED) is 0.480. The van der Waals surface area contributed by atoms with Crippen molar-refractivity contribution in [3.05, 3.63) is 35.6 Å². The number of hydrogen-bond acceptors (Lipinski definition) is 3. The van der Waals surface area contributed by atoms with Crippen molar-refractivity contribution in [3.63, 3.8) is 0 Å². The molecule has 0 spiro atoms. The Labute approximate surface area is 102 Å². The number of benzene rings is 1. The van der Waals surface area contributed by atoms with Crippen molar-refractivity contribution < 1.29 is 8.57 Å². The second kappa shape index (κ2) is 5.71. The first-order chi connectivity index (χ1) is 8.31. The van der Waals surface area contributed by atoms with Crippen LogP contribution in [0.1, 0.15) is 11.5 Å². The van der Waals surface area contributed by atoms with Crippen LogP contribution in [0.25, 0.3) is 0 Å². The van der Waals surface area contributed by atoms with Gasteiger partial charge in [0.1, 0.15) is 5.82 Å². The van der Waals surface area contributed by atoms with Gasteiger partial charge in [-0.2, -0.15) is 0 Å². The highest BCUT2D eigenvalue weighted by atomic mass is 32.2. The van der Waals surface area contributed by atoms with Gasteiger partial charge >= 0.3 is 0 Å². The van der Waals surface area contributed by atoms with Crippen molar-refractivity contribution in [1.82, 2.24) is 5.32 Å². The molecule has 16 heavy (non-hydrogen) atoms. The molecule has 2 rings (SSSR count). The van der Waals surface area contributed by atoms with Crippen LogP contribution in [-0.2, 0) is 4.18 Å². The van der Waals surface area contributed by atoms with Gasteiger partial charge in [-0.15, -0.1) is 0 Å². The van der Waals surface area contributed by atoms with Crippen LogP contribution in [0.3, 0.4) is 0 Å². The van der Waals surface area contributed by atoms with E-state index in [0.717, 1.165) is 30.5 Å². The summed E-state index contributed by atoms with van der Waals surface area (Å²) >= 11 is 1.04. The molecule has 0 amide bonds. The smallest absolute Gasteiger partial charge is 0.209 e. The van der Waals surface area contributed by atoms with E-state index in [1.54, 1.807) is 12.1 Å². The zero-order valence-electron chi connectivity index (χ0n) is 9.86. The lowest BCUT2D eigenvalue weighted by Gasteiger charge is -2.18. The van der Waals surface area contributed by atoms with Crippen molar-refractivity contribution in [2.24, 2.45) is 5.92 Å². The SMILES string of the molecule is [3H][B]SOC[C@H]1CNC[C@@H]1c1cccc(F)c1. The molecule has 1 aromatic rings. The van der Waals surface area contributed by atoms with Crippen molar-refractivity contribution in [2.75, 3.05) is 19.7 Å². The molecule has 0 saturated carbocycles. The van der Waals surface area contributed by atoms with Crippen LogP contribution < -0.4 is 5.32 Å². The number of nitrogens with one attached hydrogen (secondary N) is 1. The van der Waals surface area contributed by atoms with E-state index in [0.29, 0.717) is 12.5 Å². The molecule has 1 radical (unpaired) electrons. The van der Waals surface area contributed by atoms with Crippen LogP contribution in [0.2, 0.25) is 0 Å². The highest BCUT2D eigenvalue weighted by molar-refractivity contribution is 8.15. The van der Waals surface area contributed by atoms with Crippen LogP contribution >= 0.6 is 11.9 Å². The van der Waals surface area contributed by atoms with Gasteiger partial charge in [0.2, 0.25) is 7.09 Å². The average Bonchev–Trinajstić information content (AvgIpc) is 2.78. The molecule has 0 aliphatic carbocycles. The minimum Gasteiger partial charge on any atom is -0.328 e. The monoisotopic (exact) mass is 240 g/mol. The summed E-state index contributed by atoms with van der Waals surface area (Å²) in [6.45, 7) is 2.31. The van der Waals surface area contributed by atoms with Crippen LogP contribution in [0.15, 0.2) is 24.3 Å². The third kappa shape index (κ3) is 2.78. The lowest BCUT2D eigenvalue weighted by molar-refractivity contribution is 0.289. The third-order valence-corrected chi connectivity index (χ3v) is 3.24. The van der Waals surface area contributed by atoms with Gasteiger partial charge in [-0.25, -0.2) is 4.39 Å². The highest BCUT2D eigenvalue weighted by Crippen LogP contribution is 2.29. The zero-order valence-corrected chi connectivity index (χ0v) is 9.67. The fourth-order valence-corrected chi connectivity index (χ4v) is 2.42. The summed E-state index contributed by atoms with van der Waals surface area (Å²) in [4.78, 5) is 0. The molecule has 0 aromatic heterocycles. The molecule has 1 aromatic carbocycles. The van der Waals surface area contributed by atoms with E-state index in [-0.39, 0.29) is 11.7 Å². The van der Waals surface area contributed by atoms with E-state index in [1.807, 2.05) is 6.07 Å². The molecular weight excluding hydrogens is 224 g/mol. The van der Waals surface area contributed by atoms with Crippen LogP contribution in [-0.4, -0.2) is 28.1 Å². The van der Waals surface area contributed by atoms with Gasteiger partial charge in [-0.05, 0) is 19.0 Å². The molecule has 1 heterocycles. The summed E-state index contributed by atoms with van der Waals surface area (Å²) in [7, 11) is 1.17. The fourth-order valence-electron chi connectivity index (χ4n) is 2.16. The molecule has 1 aliphatic heterocycles. The van der Waals surface area contributed by atoms with Gasteiger partial charge in [0.25, 0.3) is 0 Å². The summed E-state index contributed by atoms with van der Waals surface area (Å²) in [6.07, 6.45) is 0. The minimum absolute atomic E-state index is 0.192. The first-order valence-corrected chi connectivity index (χ1v) is 6.06. The number of halogens is 1. The summed E-state index contributed by atoms with van der Waals surface area (Å²) in [5, 5.41) is 3.30. The van der Waals surface area contributed by atoms with Gasteiger partial charge in [0.15, 0.2) is 0 Å². The second-order valence-corrected chi connectivity index (χ2v) is 4.39. The van der Waals surface area contributed by atoms with E-state index in [1.165, 1.54) is 13.2 Å². The molecule has 1 aliphatic rings. The van der Waals surface area contributed by atoms with E-state index in [2.05, 4.69) is 5.32 Å². The molecule has 1 fully saturated rings. The van der Waals surface area contributed by atoms with Gasteiger partial charge < -0.3 is 9.50 Å². The Morgan fingerprint density at radius 2 is 2.56 bits per heavy atom. The minimum atomic E-state index is -0.192. The van der Waals surface area contributed by atoms with Crippen LogP contribution in [0.5, 0.6) is 0 Å². The molecule has 2 nitrogen and oxygen atoms in total. The molecule has 1 N–H and O–H groups in total. The lowest BCUT2D eigenvalue weighted by Crippen LogP contribution is -2.16. The van der Waals surface area contributed by atoms with E-state index in [4.69, 9.17) is 5.52 Å². The first kappa shape index (κ1) is 10.6. The Kier molecular flexibility index (Phi) is 3.79. The highest BCUT2D eigenvalue weighted by Gasteiger charge is 2.28. The molecule has 0 bridgehead atoms. The predicted octanol–water partition coefficient (Wildman–Crippen LogP) is 1.61.